The van der Waals surface area contributed by atoms with E-state index in [1.807, 2.05) is 0 Å². The highest BCUT2D eigenvalue weighted by molar-refractivity contribution is 5.95. The number of nitrogens with zero attached hydrogens (tertiary/aromatic N) is 2. The zero-order valence-electron chi connectivity index (χ0n) is 12.1. The van der Waals surface area contributed by atoms with Gasteiger partial charge in [0.15, 0.2) is 0 Å². The van der Waals surface area contributed by atoms with Gasteiger partial charge in [0.25, 0.3) is 11.6 Å². The molecule has 21 heavy (non-hydrogen) atoms. The molecule has 1 aromatic rings. The van der Waals surface area contributed by atoms with Gasteiger partial charge in [-0.3, -0.25) is 19.7 Å². The average Bonchev–Trinajstić information content (AvgIpc) is 2.48. The Kier molecular flexibility index (Phi) is 6.32. The zero-order valence-corrected chi connectivity index (χ0v) is 12.1. The van der Waals surface area contributed by atoms with Gasteiger partial charge >= 0.3 is 5.97 Å². The van der Waals surface area contributed by atoms with Crippen LogP contribution < -0.4 is 0 Å². The smallest absolute Gasteiger partial charge is 0.307 e. The van der Waals surface area contributed by atoms with Crippen LogP contribution in [0.1, 0.15) is 30.6 Å². The molecule has 0 aliphatic heterocycles. The first-order valence-electron chi connectivity index (χ1n) is 6.68. The summed E-state index contributed by atoms with van der Waals surface area (Å²) in [4.78, 5) is 35.2. The van der Waals surface area contributed by atoms with E-state index in [1.165, 1.54) is 29.2 Å². The Bertz CT molecular complexity index is 530. The number of ether oxygens (including phenoxy) is 1. The van der Waals surface area contributed by atoms with Gasteiger partial charge in [-0.25, -0.2) is 0 Å². The molecule has 7 nitrogen and oxygen atoms in total. The third-order valence-corrected chi connectivity index (χ3v) is 2.86. The maximum atomic E-state index is 12.3. The highest BCUT2D eigenvalue weighted by Crippen LogP contribution is 2.15. The Morgan fingerprint density at radius 1 is 1.33 bits per heavy atom. The topological polar surface area (TPSA) is 89.8 Å². The zero-order chi connectivity index (χ0) is 15.8. The Morgan fingerprint density at radius 3 is 2.62 bits per heavy atom. The molecule has 0 aliphatic carbocycles. The molecule has 1 rings (SSSR count). The molecule has 0 aromatic heterocycles. The van der Waals surface area contributed by atoms with Crippen molar-refractivity contribution in [3.05, 3.63) is 39.9 Å². The third-order valence-electron chi connectivity index (χ3n) is 2.86. The summed E-state index contributed by atoms with van der Waals surface area (Å²) in [5.41, 5.74) is 0.0946. The van der Waals surface area contributed by atoms with Crippen molar-refractivity contribution in [1.29, 1.82) is 0 Å². The summed E-state index contributed by atoms with van der Waals surface area (Å²) in [5, 5.41) is 10.7. The van der Waals surface area contributed by atoms with Crippen molar-refractivity contribution in [3.63, 3.8) is 0 Å². The Hall–Kier alpha value is -2.44. The van der Waals surface area contributed by atoms with Crippen LogP contribution in [-0.2, 0) is 9.53 Å². The summed E-state index contributed by atoms with van der Waals surface area (Å²) in [6.45, 7) is 4.41. The number of esters is 1. The number of hydrogen-bond donors (Lipinski definition) is 0. The standard InChI is InChI=1S/C14H18N2O5/c1-3-15(9-8-13(17)21-4-2)14(18)11-6-5-7-12(10-11)16(19)20/h5-7,10H,3-4,8-9H2,1-2H3. The highest BCUT2D eigenvalue weighted by Gasteiger charge is 2.18. The fraction of sp³-hybridized carbons (Fsp3) is 0.429. The number of amides is 1. The van der Waals surface area contributed by atoms with Crippen molar-refractivity contribution >= 4 is 17.6 Å². The minimum Gasteiger partial charge on any atom is -0.466 e. The van der Waals surface area contributed by atoms with Gasteiger partial charge in [0, 0.05) is 30.8 Å². The maximum Gasteiger partial charge on any atom is 0.307 e. The van der Waals surface area contributed by atoms with Crippen LogP contribution in [0.15, 0.2) is 24.3 Å². The number of non-ortho nitro benzene ring substituents is 1. The Morgan fingerprint density at radius 2 is 2.05 bits per heavy atom. The number of nitro benzene ring substituents is 1. The Balaban J connectivity index is 2.76. The molecular weight excluding hydrogens is 276 g/mol. The Labute approximate surface area is 122 Å². The predicted octanol–water partition coefficient (Wildman–Crippen LogP) is 2.01. The summed E-state index contributed by atoms with van der Waals surface area (Å²) in [6, 6.07) is 5.54. The van der Waals surface area contributed by atoms with Crippen molar-refractivity contribution in [2.75, 3.05) is 19.7 Å². The van der Waals surface area contributed by atoms with Crippen LogP contribution >= 0.6 is 0 Å². The third kappa shape index (κ3) is 4.87. The number of rotatable bonds is 7. The highest BCUT2D eigenvalue weighted by atomic mass is 16.6. The number of benzene rings is 1. The summed E-state index contributed by atoms with van der Waals surface area (Å²) in [6.07, 6.45) is 0.0996. The second kappa shape index (κ2) is 7.98. The van der Waals surface area contributed by atoms with Gasteiger partial charge in [-0.15, -0.1) is 0 Å². The first kappa shape index (κ1) is 16.6. The minimum absolute atomic E-state index is 0.0996. The molecule has 0 radical (unpaired) electrons. The van der Waals surface area contributed by atoms with Gasteiger partial charge in [0.05, 0.1) is 18.0 Å². The molecule has 0 N–H and O–H groups in total. The molecule has 1 aromatic carbocycles. The molecule has 0 fully saturated rings. The molecule has 7 heteroatoms. The van der Waals surface area contributed by atoms with Crippen molar-refractivity contribution in [3.8, 4) is 0 Å². The van der Waals surface area contributed by atoms with Crippen molar-refractivity contribution in [1.82, 2.24) is 4.90 Å². The normalized spacial score (nSPS) is 10.0. The summed E-state index contributed by atoms with van der Waals surface area (Å²) in [5.74, 6) is -0.715. The van der Waals surface area contributed by atoms with Gasteiger partial charge in [0.2, 0.25) is 0 Å². The largest absolute Gasteiger partial charge is 0.466 e. The fourth-order valence-corrected chi connectivity index (χ4v) is 1.80. The van der Waals surface area contributed by atoms with Gasteiger partial charge in [-0.05, 0) is 19.9 Å². The second-order valence-corrected chi connectivity index (χ2v) is 4.25. The molecule has 0 bridgehead atoms. The lowest BCUT2D eigenvalue weighted by Crippen LogP contribution is -2.33. The summed E-state index contributed by atoms with van der Waals surface area (Å²) < 4.78 is 4.81. The van der Waals surface area contributed by atoms with Crippen molar-refractivity contribution in [2.24, 2.45) is 0 Å². The van der Waals surface area contributed by atoms with E-state index in [2.05, 4.69) is 0 Å². The summed E-state index contributed by atoms with van der Waals surface area (Å²) >= 11 is 0. The van der Waals surface area contributed by atoms with Gasteiger partial charge in [-0.1, -0.05) is 6.07 Å². The van der Waals surface area contributed by atoms with Gasteiger partial charge < -0.3 is 9.64 Å². The minimum atomic E-state index is -0.550. The molecule has 114 valence electrons. The molecule has 0 aliphatic rings. The number of carbonyl (C=O) groups is 2. The number of hydrogen-bond acceptors (Lipinski definition) is 5. The molecule has 0 atom stereocenters. The van der Waals surface area contributed by atoms with Crippen molar-refractivity contribution < 1.29 is 19.2 Å². The molecule has 0 spiro atoms. The maximum absolute atomic E-state index is 12.3. The molecule has 1 amide bonds. The number of nitro groups is 1. The van der Waals surface area contributed by atoms with Crippen LogP contribution in [0.2, 0.25) is 0 Å². The van der Waals surface area contributed by atoms with E-state index in [4.69, 9.17) is 4.74 Å². The van der Waals surface area contributed by atoms with Crippen molar-refractivity contribution in [2.45, 2.75) is 20.3 Å². The molecule has 0 saturated carbocycles. The predicted molar refractivity (Wildman–Crippen MR) is 75.9 cm³/mol. The van der Waals surface area contributed by atoms with Crippen LogP contribution in [0.25, 0.3) is 0 Å². The monoisotopic (exact) mass is 294 g/mol. The van der Waals surface area contributed by atoms with E-state index in [9.17, 15) is 19.7 Å². The van der Waals surface area contributed by atoms with Crippen LogP contribution in [-0.4, -0.2) is 41.4 Å². The lowest BCUT2D eigenvalue weighted by molar-refractivity contribution is -0.384. The van der Waals surface area contributed by atoms with Crippen LogP contribution in [0.5, 0.6) is 0 Å². The lowest BCUT2D eigenvalue weighted by Gasteiger charge is -2.20. The van der Waals surface area contributed by atoms with E-state index in [1.54, 1.807) is 13.8 Å². The molecule has 0 heterocycles. The quantitative estimate of drug-likeness (QED) is 0.436. The van der Waals surface area contributed by atoms with E-state index < -0.39 is 4.92 Å². The first-order chi connectivity index (χ1) is 9.99. The SMILES string of the molecule is CCOC(=O)CCN(CC)C(=O)c1cccc([N+](=O)[O-])c1. The fourth-order valence-electron chi connectivity index (χ4n) is 1.80. The van der Waals surface area contributed by atoms with Gasteiger partial charge in [0.1, 0.15) is 0 Å². The van der Waals surface area contributed by atoms with Gasteiger partial charge in [-0.2, -0.15) is 0 Å². The molecular formula is C14H18N2O5. The molecule has 0 saturated heterocycles. The van der Waals surface area contributed by atoms with E-state index in [-0.39, 0.29) is 36.1 Å². The molecule has 0 unspecified atom stereocenters. The van der Waals surface area contributed by atoms with Crippen LogP contribution in [0.3, 0.4) is 0 Å². The second-order valence-electron chi connectivity index (χ2n) is 4.25. The van der Waals surface area contributed by atoms with Crippen LogP contribution in [0, 0.1) is 10.1 Å². The summed E-state index contributed by atoms with van der Waals surface area (Å²) in [7, 11) is 0. The average molecular weight is 294 g/mol. The van der Waals surface area contributed by atoms with E-state index in [0.717, 1.165) is 0 Å². The lowest BCUT2D eigenvalue weighted by atomic mass is 10.1. The first-order valence-corrected chi connectivity index (χ1v) is 6.68. The van der Waals surface area contributed by atoms with E-state index >= 15 is 0 Å². The number of carbonyl (C=O) groups excluding carboxylic acids is 2. The van der Waals surface area contributed by atoms with Crippen LogP contribution in [0.4, 0.5) is 5.69 Å². The van der Waals surface area contributed by atoms with E-state index in [0.29, 0.717) is 13.2 Å².